The monoisotopic (exact) mass is 337 g/mol. The van der Waals surface area contributed by atoms with Crippen LogP contribution >= 0.6 is 0 Å². The van der Waals surface area contributed by atoms with E-state index in [1.54, 1.807) is 24.3 Å². The van der Waals surface area contributed by atoms with E-state index in [2.05, 4.69) is 0 Å². The lowest BCUT2D eigenvalue weighted by Gasteiger charge is -2.24. The molecule has 0 unspecified atom stereocenters. The largest absolute Gasteiger partial charge is 0.495 e. The number of hydrogen-bond donors (Lipinski definition) is 0. The smallest absolute Gasteiger partial charge is 0.232 e. The van der Waals surface area contributed by atoms with E-state index in [4.69, 9.17) is 4.74 Å². The van der Waals surface area contributed by atoms with Crippen LogP contribution in [0.15, 0.2) is 42.5 Å². The highest BCUT2D eigenvalue weighted by molar-refractivity contribution is 7.92. The Morgan fingerprint density at radius 1 is 1.22 bits per heavy atom. The molecule has 0 saturated heterocycles. The van der Waals surface area contributed by atoms with Crippen LogP contribution in [0.1, 0.15) is 15.9 Å². The highest BCUT2D eigenvalue weighted by Gasteiger charge is 2.22. The Bertz CT molecular complexity index is 821. The fourth-order valence-corrected chi connectivity index (χ4v) is 3.02. The zero-order valence-electron chi connectivity index (χ0n) is 12.7. The third-order valence-corrected chi connectivity index (χ3v) is 4.41. The summed E-state index contributed by atoms with van der Waals surface area (Å²) >= 11 is 0. The first kappa shape index (κ1) is 17.0. The van der Waals surface area contributed by atoms with Crippen molar-refractivity contribution in [3.63, 3.8) is 0 Å². The summed E-state index contributed by atoms with van der Waals surface area (Å²) in [5.74, 6) is -0.277. The zero-order valence-corrected chi connectivity index (χ0v) is 13.5. The number of sulfonamides is 1. The fraction of sp³-hybridized carbons (Fsp3) is 0.188. The molecule has 0 bridgehead atoms. The molecule has 0 spiro atoms. The summed E-state index contributed by atoms with van der Waals surface area (Å²) in [7, 11) is -2.23. The number of hydrogen-bond acceptors (Lipinski definition) is 4. The second-order valence-electron chi connectivity index (χ2n) is 4.91. The van der Waals surface area contributed by atoms with Crippen LogP contribution in [0, 0.1) is 5.82 Å². The van der Waals surface area contributed by atoms with E-state index < -0.39 is 15.8 Å². The van der Waals surface area contributed by atoms with E-state index in [0.29, 0.717) is 17.7 Å². The Hall–Kier alpha value is -2.41. The summed E-state index contributed by atoms with van der Waals surface area (Å²) in [6, 6.07) is 10.5. The average molecular weight is 337 g/mol. The topological polar surface area (TPSA) is 63.7 Å². The first-order valence-corrected chi connectivity index (χ1v) is 8.56. The minimum Gasteiger partial charge on any atom is -0.495 e. The van der Waals surface area contributed by atoms with Crippen molar-refractivity contribution in [1.82, 2.24) is 0 Å². The van der Waals surface area contributed by atoms with E-state index in [0.717, 1.165) is 16.6 Å². The van der Waals surface area contributed by atoms with Crippen LogP contribution in [0.2, 0.25) is 0 Å². The number of halogens is 1. The van der Waals surface area contributed by atoms with Crippen LogP contribution in [0.3, 0.4) is 0 Å². The van der Waals surface area contributed by atoms with Gasteiger partial charge in [0.1, 0.15) is 17.9 Å². The lowest BCUT2D eigenvalue weighted by atomic mass is 10.1. The second kappa shape index (κ2) is 6.78. The average Bonchev–Trinajstić information content (AvgIpc) is 2.52. The van der Waals surface area contributed by atoms with E-state index in [1.165, 1.54) is 19.2 Å². The summed E-state index contributed by atoms with van der Waals surface area (Å²) in [6.07, 6.45) is 1.57. The highest BCUT2D eigenvalue weighted by Crippen LogP contribution is 2.31. The molecule has 0 amide bonds. The van der Waals surface area contributed by atoms with Crippen LogP contribution in [0.25, 0.3) is 0 Å². The number of nitrogens with zero attached hydrogens (tertiary/aromatic N) is 1. The van der Waals surface area contributed by atoms with E-state index >= 15 is 0 Å². The van der Waals surface area contributed by atoms with Crippen molar-refractivity contribution in [1.29, 1.82) is 0 Å². The summed E-state index contributed by atoms with van der Waals surface area (Å²) < 4.78 is 44.6. The molecule has 23 heavy (non-hydrogen) atoms. The molecule has 2 aromatic carbocycles. The summed E-state index contributed by atoms with van der Waals surface area (Å²) in [6.45, 7) is -0.204. The molecule has 2 aromatic rings. The quantitative estimate of drug-likeness (QED) is 0.760. The van der Waals surface area contributed by atoms with Crippen molar-refractivity contribution in [3.05, 3.63) is 59.4 Å². The van der Waals surface area contributed by atoms with Crippen molar-refractivity contribution in [2.45, 2.75) is 6.54 Å². The van der Waals surface area contributed by atoms with Gasteiger partial charge in [0.25, 0.3) is 0 Å². The number of aldehydes is 1. The van der Waals surface area contributed by atoms with E-state index in [1.807, 2.05) is 0 Å². The lowest BCUT2D eigenvalue weighted by molar-refractivity contribution is 0.112. The molecule has 0 fully saturated rings. The lowest BCUT2D eigenvalue weighted by Crippen LogP contribution is -2.30. The molecule has 0 aliphatic heterocycles. The van der Waals surface area contributed by atoms with Crippen LogP contribution in [-0.4, -0.2) is 28.1 Å². The molecule has 0 atom stereocenters. The van der Waals surface area contributed by atoms with Gasteiger partial charge in [0.15, 0.2) is 0 Å². The maximum Gasteiger partial charge on any atom is 0.232 e. The molecule has 5 nitrogen and oxygen atoms in total. The number of carbonyl (C=O) groups excluding carboxylic acids is 1. The predicted octanol–water partition coefficient (Wildman–Crippen LogP) is 2.61. The number of ether oxygens (including phenoxy) is 1. The molecule has 0 saturated carbocycles. The molecule has 0 N–H and O–H groups in total. The van der Waals surface area contributed by atoms with Crippen molar-refractivity contribution >= 4 is 22.0 Å². The van der Waals surface area contributed by atoms with Crippen LogP contribution in [0.5, 0.6) is 5.75 Å². The predicted molar refractivity (Wildman–Crippen MR) is 85.8 cm³/mol. The number of anilines is 1. The van der Waals surface area contributed by atoms with Crippen LogP contribution in [0.4, 0.5) is 10.1 Å². The van der Waals surface area contributed by atoms with Gasteiger partial charge in [-0.3, -0.25) is 9.10 Å². The molecule has 0 aliphatic rings. The van der Waals surface area contributed by atoms with Gasteiger partial charge in [-0.1, -0.05) is 24.3 Å². The van der Waals surface area contributed by atoms with Crippen LogP contribution < -0.4 is 9.04 Å². The zero-order chi connectivity index (χ0) is 17.0. The van der Waals surface area contributed by atoms with E-state index in [9.17, 15) is 17.6 Å². The molecule has 122 valence electrons. The third kappa shape index (κ3) is 3.87. The fourth-order valence-electron chi connectivity index (χ4n) is 2.14. The van der Waals surface area contributed by atoms with Gasteiger partial charge in [0.2, 0.25) is 10.0 Å². The number of carbonyl (C=O) groups is 1. The molecular formula is C16H16FNO4S. The van der Waals surface area contributed by atoms with Gasteiger partial charge < -0.3 is 4.74 Å². The molecule has 0 heterocycles. The Labute approximate surface area is 134 Å². The standard InChI is InChI=1S/C16H16FNO4S/c1-22-16-6-4-3-5-15(16)18(23(2,20)21)10-13-8-7-12(11-19)9-14(13)17/h3-9,11H,10H2,1-2H3. The van der Waals surface area contributed by atoms with Crippen molar-refractivity contribution in [3.8, 4) is 5.75 Å². The van der Waals surface area contributed by atoms with Crippen molar-refractivity contribution in [2.24, 2.45) is 0 Å². The van der Waals surface area contributed by atoms with Crippen molar-refractivity contribution in [2.75, 3.05) is 17.7 Å². The van der Waals surface area contributed by atoms with Gasteiger partial charge in [0.05, 0.1) is 25.6 Å². The Kier molecular flexibility index (Phi) is 5.00. The summed E-state index contributed by atoms with van der Waals surface area (Å²) in [5, 5.41) is 0. The summed E-state index contributed by atoms with van der Waals surface area (Å²) in [4.78, 5) is 10.7. The molecule has 0 radical (unpaired) electrons. The Morgan fingerprint density at radius 3 is 2.48 bits per heavy atom. The van der Waals surface area contributed by atoms with E-state index in [-0.39, 0.29) is 17.7 Å². The number of rotatable bonds is 6. The Balaban J connectivity index is 2.47. The number of methoxy groups -OCH3 is 1. The van der Waals surface area contributed by atoms with Crippen molar-refractivity contribution < 1.29 is 22.3 Å². The highest BCUT2D eigenvalue weighted by atomic mass is 32.2. The first-order valence-electron chi connectivity index (χ1n) is 6.71. The second-order valence-corrected chi connectivity index (χ2v) is 6.82. The molecule has 0 aromatic heterocycles. The Morgan fingerprint density at radius 2 is 1.91 bits per heavy atom. The van der Waals surface area contributed by atoms with Gasteiger partial charge in [0, 0.05) is 11.1 Å². The molecule has 2 rings (SSSR count). The number of benzene rings is 2. The minimum absolute atomic E-state index is 0.159. The molecular weight excluding hydrogens is 321 g/mol. The SMILES string of the molecule is COc1ccccc1N(Cc1ccc(C=O)cc1F)S(C)(=O)=O. The van der Waals surface area contributed by atoms with Gasteiger partial charge in [-0.05, 0) is 18.2 Å². The normalized spacial score (nSPS) is 11.1. The first-order chi connectivity index (χ1) is 10.9. The van der Waals surface area contributed by atoms with Gasteiger partial charge in [-0.15, -0.1) is 0 Å². The maximum absolute atomic E-state index is 14.1. The molecule has 7 heteroatoms. The third-order valence-electron chi connectivity index (χ3n) is 3.28. The van der Waals surface area contributed by atoms with Gasteiger partial charge in [-0.2, -0.15) is 0 Å². The van der Waals surface area contributed by atoms with Crippen LogP contribution in [-0.2, 0) is 16.6 Å². The number of para-hydroxylation sites is 2. The van der Waals surface area contributed by atoms with Gasteiger partial charge >= 0.3 is 0 Å². The van der Waals surface area contributed by atoms with Gasteiger partial charge in [-0.25, -0.2) is 12.8 Å². The maximum atomic E-state index is 14.1. The minimum atomic E-state index is -3.66. The summed E-state index contributed by atoms with van der Waals surface area (Å²) in [5.41, 5.74) is 0.665. The molecule has 0 aliphatic carbocycles.